The highest BCUT2D eigenvalue weighted by atomic mass is 32.2. The molecule has 0 radical (unpaired) electrons. The highest BCUT2D eigenvalue weighted by Gasteiger charge is 2.45. The Bertz CT molecular complexity index is 666. The van der Waals surface area contributed by atoms with E-state index in [1.54, 1.807) is 6.92 Å². The molecule has 0 aromatic heterocycles. The molecule has 1 fully saturated rings. The first-order valence-electron chi connectivity index (χ1n) is 6.31. The molecule has 1 aromatic carbocycles. The van der Waals surface area contributed by atoms with Gasteiger partial charge in [-0.3, -0.25) is 4.79 Å². The van der Waals surface area contributed by atoms with Crippen molar-refractivity contribution in [2.24, 2.45) is 0 Å². The lowest BCUT2D eigenvalue weighted by atomic mass is 10.1. The van der Waals surface area contributed by atoms with E-state index < -0.39 is 33.2 Å². The number of aliphatic carboxylic acids is 1. The summed E-state index contributed by atoms with van der Waals surface area (Å²) in [5.74, 6) is -1.48. The van der Waals surface area contributed by atoms with Gasteiger partial charge in [-0.1, -0.05) is 0 Å². The zero-order valence-electron chi connectivity index (χ0n) is 11.8. The van der Waals surface area contributed by atoms with Crippen LogP contribution >= 0.6 is 11.8 Å². The van der Waals surface area contributed by atoms with E-state index in [2.05, 4.69) is 0 Å². The van der Waals surface area contributed by atoms with Crippen LogP contribution in [-0.4, -0.2) is 41.0 Å². The van der Waals surface area contributed by atoms with Crippen LogP contribution in [0, 0.1) is 19.7 Å². The maximum absolute atomic E-state index is 13.3. The van der Waals surface area contributed by atoms with Gasteiger partial charge in [-0.2, -0.15) is 4.31 Å². The summed E-state index contributed by atoms with van der Waals surface area (Å²) in [7, 11) is -4.00. The van der Waals surface area contributed by atoms with Gasteiger partial charge in [0.2, 0.25) is 10.0 Å². The summed E-state index contributed by atoms with van der Waals surface area (Å²) in [4.78, 5) is 11.3. The first-order valence-corrected chi connectivity index (χ1v) is 8.80. The van der Waals surface area contributed by atoms with E-state index in [1.165, 1.54) is 25.6 Å². The number of thioether (sulfide) groups is 1. The second-order valence-corrected chi connectivity index (χ2v) is 8.12. The fourth-order valence-electron chi connectivity index (χ4n) is 2.58. The second-order valence-electron chi connectivity index (χ2n) is 4.99. The molecule has 0 amide bonds. The van der Waals surface area contributed by atoms with E-state index in [9.17, 15) is 22.7 Å². The molecule has 116 valence electrons. The van der Waals surface area contributed by atoms with Crippen molar-refractivity contribution >= 4 is 27.8 Å². The molecule has 21 heavy (non-hydrogen) atoms. The van der Waals surface area contributed by atoms with E-state index in [0.717, 1.165) is 16.4 Å². The van der Waals surface area contributed by atoms with Gasteiger partial charge in [0, 0.05) is 5.75 Å². The van der Waals surface area contributed by atoms with Crippen LogP contribution in [0.25, 0.3) is 0 Å². The molecule has 1 aliphatic heterocycles. The minimum atomic E-state index is -4.00. The predicted octanol–water partition coefficient (Wildman–Crippen LogP) is 1.98. The molecule has 1 aromatic rings. The zero-order chi connectivity index (χ0) is 15.9. The molecule has 1 heterocycles. The van der Waals surface area contributed by atoms with Crippen LogP contribution in [0.4, 0.5) is 4.39 Å². The predicted molar refractivity (Wildman–Crippen MR) is 78.2 cm³/mol. The molecule has 1 N–H and O–H groups in total. The Balaban J connectivity index is 2.59. The molecular formula is C13H16FNO4S2. The quantitative estimate of drug-likeness (QED) is 0.915. The Morgan fingerprint density at radius 3 is 2.38 bits per heavy atom. The monoisotopic (exact) mass is 333 g/mol. The van der Waals surface area contributed by atoms with Gasteiger partial charge in [-0.15, -0.1) is 11.8 Å². The van der Waals surface area contributed by atoms with Crippen molar-refractivity contribution in [1.82, 2.24) is 4.31 Å². The first-order chi connectivity index (χ1) is 9.66. The van der Waals surface area contributed by atoms with Crippen LogP contribution in [0.3, 0.4) is 0 Å². The Morgan fingerprint density at radius 2 is 1.90 bits per heavy atom. The van der Waals surface area contributed by atoms with E-state index in [0.29, 0.717) is 0 Å². The number of carbonyl (C=O) groups is 1. The van der Waals surface area contributed by atoms with Gasteiger partial charge >= 0.3 is 5.97 Å². The van der Waals surface area contributed by atoms with Crippen LogP contribution in [0.2, 0.25) is 0 Å². The maximum atomic E-state index is 13.3. The van der Waals surface area contributed by atoms with Gasteiger partial charge in [0.1, 0.15) is 11.9 Å². The van der Waals surface area contributed by atoms with Crippen molar-refractivity contribution in [3.8, 4) is 0 Å². The summed E-state index contributed by atoms with van der Waals surface area (Å²) >= 11 is 1.27. The lowest BCUT2D eigenvalue weighted by Crippen LogP contribution is -2.45. The van der Waals surface area contributed by atoms with Crippen LogP contribution in [0.15, 0.2) is 17.0 Å². The number of aryl methyl sites for hydroxylation is 2. The minimum absolute atomic E-state index is 0.00972. The number of benzene rings is 1. The third-order valence-electron chi connectivity index (χ3n) is 3.41. The second kappa shape index (κ2) is 5.58. The van der Waals surface area contributed by atoms with E-state index in [1.807, 2.05) is 0 Å². The summed E-state index contributed by atoms with van der Waals surface area (Å²) in [5, 5.41) is 8.74. The standard InChI is InChI=1S/C13H16FNO4S2/c1-7-4-10(14)5-8(2)12(7)21(18,19)15-9(3)20-6-11(15)13(16)17/h4-5,9,11H,6H2,1-3H3,(H,16,17). The van der Waals surface area contributed by atoms with E-state index in [-0.39, 0.29) is 21.8 Å². The van der Waals surface area contributed by atoms with Crippen LogP contribution in [-0.2, 0) is 14.8 Å². The molecule has 2 atom stereocenters. The fourth-order valence-corrected chi connectivity index (χ4v) is 6.29. The van der Waals surface area contributed by atoms with Gasteiger partial charge in [0.15, 0.2) is 0 Å². The zero-order valence-corrected chi connectivity index (χ0v) is 13.5. The third kappa shape index (κ3) is 2.79. The smallest absolute Gasteiger partial charge is 0.322 e. The molecule has 0 aliphatic carbocycles. The summed E-state index contributed by atoms with van der Waals surface area (Å²) in [5.41, 5.74) is 0.557. The number of rotatable bonds is 3. The van der Waals surface area contributed by atoms with Crippen molar-refractivity contribution < 1.29 is 22.7 Å². The van der Waals surface area contributed by atoms with Crippen LogP contribution < -0.4 is 0 Å². The van der Waals surface area contributed by atoms with Crippen molar-refractivity contribution in [3.05, 3.63) is 29.1 Å². The number of hydrogen-bond acceptors (Lipinski definition) is 4. The van der Waals surface area contributed by atoms with Crippen LogP contribution in [0.5, 0.6) is 0 Å². The topological polar surface area (TPSA) is 74.7 Å². The molecule has 1 aliphatic rings. The average molecular weight is 333 g/mol. The minimum Gasteiger partial charge on any atom is -0.480 e. The van der Waals surface area contributed by atoms with Gasteiger partial charge in [-0.25, -0.2) is 12.8 Å². The SMILES string of the molecule is Cc1cc(F)cc(C)c1S(=O)(=O)N1C(C)SCC1C(=O)O. The van der Waals surface area contributed by atoms with E-state index >= 15 is 0 Å². The van der Waals surface area contributed by atoms with Gasteiger partial charge in [-0.05, 0) is 44.0 Å². The number of sulfonamides is 1. The summed E-state index contributed by atoms with van der Waals surface area (Å²) < 4.78 is 40.0. The van der Waals surface area contributed by atoms with Crippen molar-refractivity contribution in [2.75, 3.05) is 5.75 Å². The fraction of sp³-hybridized carbons (Fsp3) is 0.462. The molecule has 0 saturated carbocycles. The highest BCUT2D eigenvalue weighted by Crippen LogP contribution is 2.36. The van der Waals surface area contributed by atoms with Gasteiger partial charge < -0.3 is 5.11 Å². The average Bonchev–Trinajstić information content (AvgIpc) is 2.69. The summed E-state index contributed by atoms with van der Waals surface area (Å²) in [6.07, 6.45) is 0. The van der Waals surface area contributed by atoms with Gasteiger partial charge in [0.05, 0.1) is 10.3 Å². The summed E-state index contributed by atoms with van der Waals surface area (Å²) in [6, 6.07) is 1.19. The van der Waals surface area contributed by atoms with Crippen LogP contribution in [0.1, 0.15) is 18.1 Å². The lowest BCUT2D eigenvalue weighted by Gasteiger charge is -2.26. The molecule has 2 rings (SSSR count). The van der Waals surface area contributed by atoms with Crippen molar-refractivity contribution in [2.45, 2.75) is 37.1 Å². The molecule has 1 saturated heterocycles. The number of carboxylic acid groups (broad SMARTS) is 1. The third-order valence-corrected chi connectivity index (χ3v) is 7.04. The molecule has 5 nitrogen and oxygen atoms in total. The number of nitrogens with zero attached hydrogens (tertiary/aromatic N) is 1. The lowest BCUT2D eigenvalue weighted by molar-refractivity contribution is -0.140. The van der Waals surface area contributed by atoms with Crippen molar-refractivity contribution in [3.63, 3.8) is 0 Å². The molecule has 0 spiro atoms. The number of hydrogen-bond donors (Lipinski definition) is 1. The van der Waals surface area contributed by atoms with Crippen molar-refractivity contribution in [1.29, 1.82) is 0 Å². The Morgan fingerprint density at radius 1 is 1.38 bits per heavy atom. The first kappa shape index (κ1) is 16.3. The Hall–Kier alpha value is -1.12. The number of carboxylic acids is 1. The molecule has 2 unspecified atom stereocenters. The summed E-state index contributed by atoms with van der Waals surface area (Å²) in [6.45, 7) is 4.67. The Labute approximate surface area is 127 Å². The maximum Gasteiger partial charge on any atom is 0.322 e. The molecule has 0 bridgehead atoms. The molecular weight excluding hydrogens is 317 g/mol. The Kier molecular flexibility index (Phi) is 4.32. The highest BCUT2D eigenvalue weighted by molar-refractivity contribution is 8.01. The normalized spacial score (nSPS) is 23.4. The van der Waals surface area contributed by atoms with E-state index in [4.69, 9.17) is 0 Å². The largest absolute Gasteiger partial charge is 0.480 e. The number of halogens is 1. The molecule has 8 heteroatoms. The van der Waals surface area contributed by atoms with Gasteiger partial charge in [0.25, 0.3) is 0 Å².